The number of benzene rings is 2. The van der Waals surface area contributed by atoms with Crippen molar-refractivity contribution in [3.05, 3.63) is 71.3 Å². The lowest BCUT2D eigenvalue weighted by Crippen LogP contribution is -2.35. The van der Waals surface area contributed by atoms with Crippen LogP contribution in [-0.2, 0) is 9.59 Å². The molecule has 24 heavy (non-hydrogen) atoms. The maximum absolute atomic E-state index is 13.3. The molecule has 2 rings (SSSR count). The van der Waals surface area contributed by atoms with Gasteiger partial charge in [-0.1, -0.05) is 36.4 Å². The summed E-state index contributed by atoms with van der Waals surface area (Å²) >= 11 is 0. The first-order chi connectivity index (χ1) is 11.6. The van der Waals surface area contributed by atoms with Crippen LogP contribution in [0, 0.1) is 11.6 Å². The van der Waals surface area contributed by atoms with Crippen LogP contribution >= 0.6 is 0 Å². The Balaban J connectivity index is 1.85. The Bertz CT molecular complexity index is 739. The molecule has 2 N–H and O–H groups in total. The molecular formula is C16H12F2N4O2. The van der Waals surface area contributed by atoms with Gasteiger partial charge in [0, 0.05) is 11.1 Å². The molecule has 122 valence electrons. The van der Waals surface area contributed by atoms with E-state index in [1.54, 1.807) is 12.1 Å². The normalized spacial score (nSPS) is 10.9. The lowest BCUT2D eigenvalue weighted by atomic mass is 10.2. The number of hydrazone groups is 2. The van der Waals surface area contributed by atoms with Crippen molar-refractivity contribution in [3.8, 4) is 0 Å². The summed E-state index contributed by atoms with van der Waals surface area (Å²) in [6, 6.07) is 11.6. The van der Waals surface area contributed by atoms with E-state index < -0.39 is 23.4 Å². The second-order valence-electron chi connectivity index (χ2n) is 4.44. The number of nitrogens with zero attached hydrogens (tertiary/aromatic N) is 2. The molecule has 8 heteroatoms. The van der Waals surface area contributed by atoms with Crippen molar-refractivity contribution < 1.29 is 18.4 Å². The van der Waals surface area contributed by atoms with Gasteiger partial charge in [-0.3, -0.25) is 9.59 Å². The minimum Gasteiger partial charge on any atom is -0.262 e. The maximum Gasteiger partial charge on any atom is 0.331 e. The summed E-state index contributed by atoms with van der Waals surface area (Å²) in [5.74, 6) is -3.24. The smallest absolute Gasteiger partial charge is 0.262 e. The van der Waals surface area contributed by atoms with Gasteiger partial charge in [-0.2, -0.15) is 10.2 Å². The second kappa shape index (κ2) is 8.28. The standard InChI is InChI=1S/C16H12F2N4O2/c17-13-7-3-1-5-11(13)9-19-21-15(23)16(24)22-20-10-12-6-2-4-8-14(12)18/h1-10H,(H,21,23)(H,22,24)/b19-9-,20-10-. The zero-order valence-electron chi connectivity index (χ0n) is 12.2. The predicted octanol–water partition coefficient (Wildman–Crippen LogP) is 1.57. The summed E-state index contributed by atoms with van der Waals surface area (Å²) in [6.07, 6.45) is 2.12. The van der Waals surface area contributed by atoms with E-state index in [2.05, 4.69) is 10.2 Å². The summed E-state index contributed by atoms with van der Waals surface area (Å²) in [5.41, 5.74) is 4.14. The number of rotatable bonds is 4. The van der Waals surface area contributed by atoms with Gasteiger partial charge in [-0.25, -0.2) is 19.6 Å². The zero-order valence-corrected chi connectivity index (χ0v) is 12.2. The van der Waals surface area contributed by atoms with Crippen molar-refractivity contribution in [3.63, 3.8) is 0 Å². The largest absolute Gasteiger partial charge is 0.331 e. The lowest BCUT2D eigenvalue weighted by Gasteiger charge is -1.99. The van der Waals surface area contributed by atoms with Gasteiger partial charge in [-0.05, 0) is 12.1 Å². The number of amides is 2. The van der Waals surface area contributed by atoms with Crippen LogP contribution in [0.15, 0.2) is 58.7 Å². The molecule has 0 aromatic heterocycles. The molecule has 2 aromatic rings. The number of nitrogens with one attached hydrogen (secondary N) is 2. The third-order valence-electron chi connectivity index (χ3n) is 2.76. The van der Waals surface area contributed by atoms with Gasteiger partial charge in [0.25, 0.3) is 0 Å². The molecule has 0 saturated heterocycles. The van der Waals surface area contributed by atoms with E-state index >= 15 is 0 Å². The van der Waals surface area contributed by atoms with E-state index in [0.29, 0.717) is 0 Å². The highest BCUT2D eigenvalue weighted by atomic mass is 19.1. The van der Waals surface area contributed by atoms with Crippen LogP contribution in [0.5, 0.6) is 0 Å². The molecule has 0 fully saturated rings. The highest BCUT2D eigenvalue weighted by molar-refractivity contribution is 6.35. The van der Waals surface area contributed by atoms with Crippen molar-refractivity contribution in [1.82, 2.24) is 10.9 Å². The number of carbonyl (C=O) groups excluding carboxylic acids is 2. The van der Waals surface area contributed by atoms with E-state index in [0.717, 1.165) is 12.4 Å². The minimum atomic E-state index is -1.10. The first kappa shape index (κ1) is 16.9. The van der Waals surface area contributed by atoms with Crippen LogP contribution in [0.2, 0.25) is 0 Å². The molecule has 0 heterocycles. The van der Waals surface area contributed by atoms with Gasteiger partial charge >= 0.3 is 11.8 Å². The molecule has 0 aliphatic heterocycles. The van der Waals surface area contributed by atoms with Gasteiger partial charge < -0.3 is 0 Å². The summed E-state index contributed by atoms with van der Waals surface area (Å²) in [6.45, 7) is 0. The second-order valence-corrected chi connectivity index (χ2v) is 4.44. The van der Waals surface area contributed by atoms with Crippen LogP contribution in [0.4, 0.5) is 8.78 Å². The Labute approximate surface area is 135 Å². The number of carbonyl (C=O) groups is 2. The Hall–Kier alpha value is -3.42. The van der Waals surface area contributed by atoms with Crippen LogP contribution in [0.3, 0.4) is 0 Å². The molecule has 6 nitrogen and oxygen atoms in total. The zero-order chi connectivity index (χ0) is 17.4. The number of hydrogen-bond donors (Lipinski definition) is 2. The number of hydrogen-bond acceptors (Lipinski definition) is 4. The van der Waals surface area contributed by atoms with Crippen LogP contribution < -0.4 is 10.9 Å². The van der Waals surface area contributed by atoms with Crippen molar-refractivity contribution >= 4 is 24.2 Å². The molecule has 0 bridgehead atoms. The van der Waals surface area contributed by atoms with Crippen molar-refractivity contribution in [2.24, 2.45) is 10.2 Å². The van der Waals surface area contributed by atoms with E-state index in [4.69, 9.17) is 0 Å². The summed E-state index contributed by atoms with van der Waals surface area (Å²) in [4.78, 5) is 22.9. The Morgan fingerprint density at radius 1 is 0.750 bits per heavy atom. The highest BCUT2D eigenvalue weighted by Crippen LogP contribution is 2.03. The minimum absolute atomic E-state index is 0.149. The van der Waals surface area contributed by atoms with Gasteiger partial charge in [0.05, 0.1) is 12.4 Å². The SMILES string of the molecule is O=C(N/N=C\c1ccccc1F)C(=O)N/N=C\c1ccccc1F. The molecule has 0 spiro atoms. The van der Waals surface area contributed by atoms with Crippen molar-refractivity contribution in [1.29, 1.82) is 0 Å². The summed E-state index contributed by atoms with van der Waals surface area (Å²) in [5, 5.41) is 6.93. The molecule has 0 aliphatic rings. The topological polar surface area (TPSA) is 82.9 Å². The van der Waals surface area contributed by atoms with Crippen molar-refractivity contribution in [2.75, 3.05) is 0 Å². The van der Waals surface area contributed by atoms with Crippen molar-refractivity contribution in [2.45, 2.75) is 0 Å². The molecule has 0 atom stereocenters. The first-order valence-corrected chi connectivity index (χ1v) is 6.73. The molecule has 0 unspecified atom stereocenters. The monoisotopic (exact) mass is 330 g/mol. The maximum atomic E-state index is 13.3. The molecule has 2 aromatic carbocycles. The molecule has 0 saturated carbocycles. The fourth-order valence-corrected chi connectivity index (χ4v) is 1.58. The third kappa shape index (κ3) is 4.80. The molecule has 2 amide bonds. The lowest BCUT2D eigenvalue weighted by molar-refractivity contribution is -0.139. The van der Waals surface area contributed by atoms with E-state index in [1.165, 1.54) is 36.4 Å². The number of halogens is 2. The highest BCUT2D eigenvalue weighted by Gasteiger charge is 2.11. The fraction of sp³-hybridized carbons (Fsp3) is 0. The van der Waals surface area contributed by atoms with Crippen LogP contribution in [-0.4, -0.2) is 24.2 Å². The quantitative estimate of drug-likeness (QED) is 0.507. The van der Waals surface area contributed by atoms with E-state index in [-0.39, 0.29) is 11.1 Å². The van der Waals surface area contributed by atoms with E-state index in [9.17, 15) is 18.4 Å². The Morgan fingerprint density at radius 3 is 1.50 bits per heavy atom. The molecule has 0 aliphatic carbocycles. The molecule has 0 radical (unpaired) electrons. The Morgan fingerprint density at radius 2 is 1.12 bits per heavy atom. The summed E-state index contributed by atoms with van der Waals surface area (Å²) in [7, 11) is 0. The first-order valence-electron chi connectivity index (χ1n) is 6.73. The van der Waals surface area contributed by atoms with Crippen LogP contribution in [0.1, 0.15) is 11.1 Å². The van der Waals surface area contributed by atoms with E-state index in [1.807, 2.05) is 10.9 Å². The average Bonchev–Trinajstić information content (AvgIpc) is 2.58. The Kier molecular flexibility index (Phi) is 5.84. The van der Waals surface area contributed by atoms with Gasteiger partial charge in [-0.15, -0.1) is 0 Å². The summed E-state index contributed by atoms with van der Waals surface area (Å²) < 4.78 is 26.6. The fourth-order valence-electron chi connectivity index (χ4n) is 1.58. The van der Waals surface area contributed by atoms with Gasteiger partial charge in [0.2, 0.25) is 0 Å². The molecular weight excluding hydrogens is 318 g/mol. The predicted molar refractivity (Wildman–Crippen MR) is 84.3 cm³/mol. The van der Waals surface area contributed by atoms with Gasteiger partial charge in [0.15, 0.2) is 0 Å². The van der Waals surface area contributed by atoms with Gasteiger partial charge in [0.1, 0.15) is 11.6 Å². The average molecular weight is 330 g/mol. The third-order valence-corrected chi connectivity index (χ3v) is 2.76. The van der Waals surface area contributed by atoms with Crippen LogP contribution in [0.25, 0.3) is 0 Å².